The van der Waals surface area contributed by atoms with E-state index in [0.717, 1.165) is 25.9 Å². The van der Waals surface area contributed by atoms with Crippen molar-refractivity contribution >= 4 is 23.4 Å². The highest BCUT2D eigenvalue weighted by atomic mass is 32.2. The molecule has 146 valence electrons. The maximum Gasteiger partial charge on any atom is 0.332 e. The summed E-state index contributed by atoms with van der Waals surface area (Å²) < 4.78 is 3.88. The lowest BCUT2D eigenvalue weighted by Gasteiger charge is -2.13. The number of hydrogen-bond donors (Lipinski definition) is 1. The van der Waals surface area contributed by atoms with Crippen molar-refractivity contribution in [1.82, 2.24) is 18.7 Å². The summed E-state index contributed by atoms with van der Waals surface area (Å²) in [5.41, 5.74) is 7.66. The van der Waals surface area contributed by atoms with Crippen LogP contribution in [0.3, 0.4) is 0 Å². The summed E-state index contributed by atoms with van der Waals surface area (Å²) in [7, 11) is 2.75. The first-order valence-corrected chi connectivity index (χ1v) is 9.54. The lowest BCUT2D eigenvalue weighted by Crippen LogP contribution is -2.41. The number of nitrogens with two attached hydrogens (primary N) is 1. The topological polar surface area (TPSA) is 105 Å². The highest BCUT2D eigenvalue weighted by molar-refractivity contribution is 7.99. The molecule has 0 bridgehead atoms. The van der Waals surface area contributed by atoms with Gasteiger partial charge in [-0.05, 0) is 31.0 Å². The molecule has 2 aromatic heterocycles. The normalized spacial score (nSPS) is 11.0. The average molecular weight is 399 g/mol. The Morgan fingerprint density at radius 1 is 1.18 bits per heavy atom. The van der Waals surface area contributed by atoms with Crippen LogP contribution in [0, 0.1) is 13.8 Å². The number of aryl methyl sites for hydroxylation is 1. The second kappa shape index (κ2) is 7.51. The van der Waals surface area contributed by atoms with Crippen LogP contribution in [0.4, 0.5) is 5.82 Å². The quantitative estimate of drug-likeness (QED) is 0.514. The molecular weight excluding hydrogens is 378 g/mol. The van der Waals surface area contributed by atoms with Crippen LogP contribution in [-0.4, -0.2) is 30.2 Å². The van der Waals surface area contributed by atoms with Crippen molar-refractivity contribution in [3.8, 4) is 5.69 Å². The van der Waals surface area contributed by atoms with Crippen molar-refractivity contribution in [2.75, 3.05) is 11.5 Å². The summed E-state index contributed by atoms with van der Waals surface area (Å²) in [6.45, 7) is 4.06. The van der Waals surface area contributed by atoms with Gasteiger partial charge in [-0.1, -0.05) is 23.9 Å². The highest BCUT2D eigenvalue weighted by Gasteiger charge is 2.21. The zero-order chi connectivity index (χ0) is 20.6. The molecule has 28 heavy (non-hydrogen) atoms. The van der Waals surface area contributed by atoms with E-state index < -0.39 is 17.0 Å². The van der Waals surface area contributed by atoms with Crippen molar-refractivity contribution in [3.05, 3.63) is 68.1 Å². The number of carbonyl (C=O) groups is 1. The third-order valence-electron chi connectivity index (χ3n) is 4.76. The summed E-state index contributed by atoms with van der Waals surface area (Å²) in [6, 6.07) is 5.98. The van der Waals surface area contributed by atoms with Crippen molar-refractivity contribution in [1.29, 1.82) is 0 Å². The van der Waals surface area contributed by atoms with E-state index in [0.29, 0.717) is 5.16 Å². The molecule has 0 saturated heterocycles. The van der Waals surface area contributed by atoms with Crippen LogP contribution >= 0.6 is 11.8 Å². The number of anilines is 1. The molecule has 9 heteroatoms. The maximum atomic E-state index is 12.7. The summed E-state index contributed by atoms with van der Waals surface area (Å²) in [5.74, 6) is -0.606. The van der Waals surface area contributed by atoms with Crippen LogP contribution in [0.2, 0.25) is 0 Å². The van der Waals surface area contributed by atoms with Gasteiger partial charge < -0.3 is 5.73 Å². The number of nitrogen functional groups attached to an aromatic ring is 1. The fourth-order valence-corrected chi connectivity index (χ4v) is 3.74. The van der Waals surface area contributed by atoms with Gasteiger partial charge in [0, 0.05) is 26.5 Å². The minimum absolute atomic E-state index is 0.0283. The first kappa shape index (κ1) is 19.7. The largest absolute Gasteiger partial charge is 0.384 e. The molecule has 0 amide bonds. The van der Waals surface area contributed by atoms with E-state index >= 15 is 0 Å². The van der Waals surface area contributed by atoms with Gasteiger partial charge >= 0.3 is 5.69 Å². The number of aromatic nitrogens is 4. The Labute approximate surface area is 165 Å². The van der Waals surface area contributed by atoms with Crippen LogP contribution in [0.25, 0.3) is 5.69 Å². The van der Waals surface area contributed by atoms with E-state index in [2.05, 4.69) is 4.98 Å². The third-order valence-corrected chi connectivity index (χ3v) is 5.73. The molecule has 8 nitrogen and oxygen atoms in total. The molecular formula is C19H21N5O3S. The Morgan fingerprint density at radius 2 is 1.89 bits per heavy atom. The summed E-state index contributed by atoms with van der Waals surface area (Å²) in [6.07, 6.45) is 3.49. The van der Waals surface area contributed by atoms with Crippen molar-refractivity contribution < 1.29 is 4.79 Å². The number of benzene rings is 1. The van der Waals surface area contributed by atoms with Crippen molar-refractivity contribution in [2.24, 2.45) is 14.1 Å². The summed E-state index contributed by atoms with van der Waals surface area (Å²) in [5, 5.41) is 0.627. The van der Waals surface area contributed by atoms with Gasteiger partial charge in [-0.15, -0.1) is 0 Å². The van der Waals surface area contributed by atoms with E-state index in [1.54, 1.807) is 6.20 Å². The standard InChI is InChI=1S/C19H21N5O3S/c1-11-6-5-7-13(12(11)2)24-9-8-21-18(24)28-10-14(25)15-16(20)22(3)19(27)23(4)17(15)26/h5-9H,10,20H2,1-4H3. The number of carbonyl (C=O) groups excluding carboxylic acids is 1. The predicted octanol–water partition coefficient (Wildman–Crippen LogP) is 1.44. The smallest absolute Gasteiger partial charge is 0.332 e. The van der Waals surface area contributed by atoms with Gasteiger partial charge in [-0.3, -0.25) is 23.3 Å². The molecule has 0 fully saturated rings. The third kappa shape index (κ3) is 3.29. The molecule has 2 N–H and O–H groups in total. The molecule has 2 heterocycles. The monoisotopic (exact) mass is 399 g/mol. The Balaban J connectivity index is 1.91. The van der Waals surface area contributed by atoms with E-state index in [4.69, 9.17) is 5.73 Å². The lowest BCUT2D eigenvalue weighted by molar-refractivity contribution is 0.102. The lowest BCUT2D eigenvalue weighted by atomic mass is 10.1. The number of nitrogens with zero attached hydrogens (tertiary/aromatic N) is 4. The molecule has 3 aromatic rings. The Hall–Kier alpha value is -3.07. The van der Waals surface area contributed by atoms with E-state index in [-0.39, 0.29) is 17.1 Å². The highest BCUT2D eigenvalue weighted by Crippen LogP contribution is 2.25. The number of hydrogen-bond acceptors (Lipinski definition) is 6. The maximum absolute atomic E-state index is 12.7. The Bertz CT molecular complexity index is 1190. The van der Waals surface area contributed by atoms with Crippen LogP contribution in [0.5, 0.6) is 0 Å². The Morgan fingerprint density at radius 3 is 2.61 bits per heavy atom. The minimum atomic E-state index is -0.691. The molecule has 0 radical (unpaired) electrons. The molecule has 1 aromatic carbocycles. The number of Topliss-reactive ketones (excluding diaryl/α,β-unsaturated/α-hetero) is 1. The van der Waals surface area contributed by atoms with E-state index in [1.165, 1.54) is 25.9 Å². The van der Waals surface area contributed by atoms with Crippen molar-refractivity contribution in [3.63, 3.8) is 0 Å². The van der Waals surface area contributed by atoms with Gasteiger partial charge in [-0.2, -0.15) is 0 Å². The molecule has 3 rings (SSSR count). The second-order valence-electron chi connectivity index (χ2n) is 6.48. The molecule has 0 aliphatic heterocycles. The average Bonchev–Trinajstić information content (AvgIpc) is 3.14. The van der Waals surface area contributed by atoms with Crippen LogP contribution in [0.15, 0.2) is 45.3 Å². The Kier molecular flexibility index (Phi) is 5.28. The summed E-state index contributed by atoms with van der Waals surface area (Å²) in [4.78, 5) is 41.3. The molecule has 0 aliphatic rings. The van der Waals surface area contributed by atoms with Crippen LogP contribution < -0.4 is 17.0 Å². The first-order valence-electron chi connectivity index (χ1n) is 8.55. The van der Waals surface area contributed by atoms with Gasteiger partial charge in [0.25, 0.3) is 5.56 Å². The zero-order valence-corrected chi connectivity index (χ0v) is 16.9. The van der Waals surface area contributed by atoms with Gasteiger partial charge in [0.1, 0.15) is 11.4 Å². The summed E-state index contributed by atoms with van der Waals surface area (Å²) >= 11 is 1.21. The van der Waals surface area contributed by atoms with Gasteiger partial charge in [0.05, 0.1) is 11.4 Å². The number of ketones is 1. The minimum Gasteiger partial charge on any atom is -0.384 e. The van der Waals surface area contributed by atoms with Crippen LogP contribution in [0.1, 0.15) is 21.5 Å². The van der Waals surface area contributed by atoms with Crippen LogP contribution in [-0.2, 0) is 14.1 Å². The SMILES string of the molecule is Cc1cccc(-n2ccnc2SCC(=O)c2c(N)n(C)c(=O)n(C)c2=O)c1C. The van der Waals surface area contributed by atoms with E-state index in [9.17, 15) is 14.4 Å². The first-order chi connectivity index (χ1) is 13.2. The molecule has 0 atom stereocenters. The number of imidazole rings is 1. The number of rotatable bonds is 5. The fourth-order valence-electron chi connectivity index (χ4n) is 2.90. The number of thioether (sulfide) groups is 1. The zero-order valence-electron chi connectivity index (χ0n) is 16.1. The van der Waals surface area contributed by atoms with Gasteiger partial charge in [0.2, 0.25) is 0 Å². The molecule has 0 aliphatic carbocycles. The van der Waals surface area contributed by atoms with Gasteiger partial charge in [-0.25, -0.2) is 9.78 Å². The second-order valence-corrected chi connectivity index (χ2v) is 7.42. The molecule has 0 unspecified atom stereocenters. The van der Waals surface area contributed by atoms with Gasteiger partial charge in [0.15, 0.2) is 10.9 Å². The predicted molar refractivity (Wildman–Crippen MR) is 109 cm³/mol. The van der Waals surface area contributed by atoms with E-state index in [1.807, 2.05) is 42.8 Å². The fraction of sp³-hybridized carbons (Fsp3) is 0.263. The molecule has 0 saturated carbocycles. The van der Waals surface area contributed by atoms with Crippen molar-refractivity contribution in [2.45, 2.75) is 19.0 Å². The molecule has 0 spiro atoms.